The molecule has 1 aromatic carbocycles. The molecule has 0 saturated carbocycles. The van der Waals surface area contributed by atoms with E-state index >= 15 is 0 Å². The molecular weight excluding hydrogens is 266 g/mol. The first kappa shape index (κ1) is 14.0. The van der Waals surface area contributed by atoms with Crippen LogP contribution in [0.2, 0.25) is 0 Å². The van der Waals surface area contributed by atoms with E-state index in [2.05, 4.69) is 0 Å². The second kappa shape index (κ2) is 5.30. The Labute approximate surface area is 112 Å². The SMILES string of the molecule is CCc1ccc2c(c1)C(=O)N(CCCCO)S2(=O)=O. The van der Waals surface area contributed by atoms with Crippen molar-refractivity contribution in [3.8, 4) is 0 Å². The first-order valence-corrected chi connectivity index (χ1v) is 7.77. The molecule has 0 atom stereocenters. The normalized spacial score (nSPS) is 16.7. The molecule has 1 aliphatic heterocycles. The Morgan fingerprint density at radius 3 is 2.63 bits per heavy atom. The molecule has 1 amide bonds. The summed E-state index contributed by atoms with van der Waals surface area (Å²) in [6.45, 7) is 2.07. The molecule has 0 aromatic heterocycles. The van der Waals surface area contributed by atoms with Crippen LogP contribution in [0.5, 0.6) is 0 Å². The first-order valence-electron chi connectivity index (χ1n) is 6.33. The van der Waals surface area contributed by atoms with Gasteiger partial charge in [0.1, 0.15) is 4.90 Å². The van der Waals surface area contributed by atoms with Gasteiger partial charge in [-0.05, 0) is 37.0 Å². The fraction of sp³-hybridized carbons (Fsp3) is 0.462. The van der Waals surface area contributed by atoms with E-state index in [1.165, 1.54) is 6.07 Å². The summed E-state index contributed by atoms with van der Waals surface area (Å²) in [5.41, 5.74) is 1.21. The van der Waals surface area contributed by atoms with Crippen LogP contribution in [0.3, 0.4) is 0 Å². The Balaban J connectivity index is 2.35. The molecule has 1 aromatic rings. The molecule has 19 heavy (non-hydrogen) atoms. The number of aliphatic hydroxyl groups excluding tert-OH is 1. The number of benzene rings is 1. The largest absolute Gasteiger partial charge is 0.396 e. The molecule has 0 radical (unpaired) electrons. The minimum atomic E-state index is -3.70. The summed E-state index contributed by atoms with van der Waals surface area (Å²) in [7, 11) is -3.70. The van der Waals surface area contributed by atoms with Gasteiger partial charge < -0.3 is 5.11 Å². The van der Waals surface area contributed by atoms with Crippen molar-refractivity contribution in [1.29, 1.82) is 0 Å². The molecule has 104 valence electrons. The molecule has 1 N–H and O–H groups in total. The Kier molecular flexibility index (Phi) is 3.91. The highest BCUT2D eigenvalue weighted by Gasteiger charge is 2.40. The molecule has 6 heteroatoms. The number of aryl methyl sites for hydroxylation is 1. The second-order valence-electron chi connectivity index (χ2n) is 4.50. The first-order chi connectivity index (χ1) is 9.02. The number of amides is 1. The van der Waals surface area contributed by atoms with Gasteiger partial charge in [-0.2, -0.15) is 0 Å². The molecule has 0 spiro atoms. The summed E-state index contributed by atoms with van der Waals surface area (Å²) in [6.07, 6.45) is 1.71. The monoisotopic (exact) mass is 283 g/mol. The summed E-state index contributed by atoms with van der Waals surface area (Å²) < 4.78 is 25.4. The van der Waals surface area contributed by atoms with Crippen molar-refractivity contribution in [3.63, 3.8) is 0 Å². The average molecular weight is 283 g/mol. The highest BCUT2D eigenvalue weighted by atomic mass is 32.2. The van der Waals surface area contributed by atoms with Gasteiger partial charge in [0.25, 0.3) is 15.9 Å². The summed E-state index contributed by atoms with van der Waals surface area (Å²) in [6, 6.07) is 4.90. The highest BCUT2D eigenvalue weighted by Crippen LogP contribution is 2.31. The fourth-order valence-electron chi connectivity index (χ4n) is 2.14. The van der Waals surface area contributed by atoms with Crippen molar-refractivity contribution < 1.29 is 18.3 Å². The van der Waals surface area contributed by atoms with Gasteiger partial charge in [0, 0.05) is 13.2 Å². The molecule has 0 fully saturated rings. The van der Waals surface area contributed by atoms with Crippen LogP contribution in [0.4, 0.5) is 0 Å². The summed E-state index contributed by atoms with van der Waals surface area (Å²) in [4.78, 5) is 12.3. The number of unbranched alkanes of at least 4 members (excludes halogenated alkanes) is 1. The second-order valence-corrected chi connectivity index (χ2v) is 6.33. The van der Waals surface area contributed by atoms with Crippen LogP contribution >= 0.6 is 0 Å². The Bertz CT molecular complexity index is 595. The third-order valence-electron chi connectivity index (χ3n) is 3.25. The highest BCUT2D eigenvalue weighted by molar-refractivity contribution is 7.90. The van der Waals surface area contributed by atoms with Crippen LogP contribution in [0, 0.1) is 0 Å². The lowest BCUT2D eigenvalue weighted by Crippen LogP contribution is -2.31. The molecule has 1 aliphatic rings. The number of rotatable bonds is 5. The third kappa shape index (κ3) is 2.37. The van der Waals surface area contributed by atoms with Crippen LogP contribution < -0.4 is 0 Å². The van der Waals surface area contributed by atoms with Crippen LogP contribution in [0.25, 0.3) is 0 Å². The molecule has 0 aliphatic carbocycles. The number of fused-ring (bicyclic) bond motifs is 1. The van der Waals surface area contributed by atoms with Gasteiger partial charge in [-0.1, -0.05) is 13.0 Å². The van der Waals surface area contributed by atoms with E-state index in [-0.39, 0.29) is 23.6 Å². The Morgan fingerprint density at radius 1 is 1.26 bits per heavy atom. The minimum absolute atomic E-state index is 0.00495. The number of hydrogen-bond acceptors (Lipinski definition) is 4. The molecular formula is C13H17NO4S. The predicted octanol–water partition coefficient (Wildman–Crippen LogP) is 1.17. The number of hydrogen-bond donors (Lipinski definition) is 1. The van der Waals surface area contributed by atoms with Gasteiger partial charge in [0.05, 0.1) is 5.56 Å². The van der Waals surface area contributed by atoms with Crippen molar-refractivity contribution >= 4 is 15.9 Å². The van der Waals surface area contributed by atoms with Gasteiger partial charge in [-0.3, -0.25) is 4.79 Å². The van der Waals surface area contributed by atoms with Gasteiger partial charge >= 0.3 is 0 Å². The molecule has 5 nitrogen and oxygen atoms in total. The number of carbonyl (C=O) groups is 1. The topological polar surface area (TPSA) is 74.7 Å². The maximum absolute atomic E-state index is 12.2. The lowest BCUT2D eigenvalue weighted by Gasteiger charge is -2.14. The fourth-order valence-corrected chi connectivity index (χ4v) is 3.73. The maximum atomic E-state index is 12.2. The average Bonchev–Trinajstić information content (AvgIpc) is 2.59. The smallest absolute Gasteiger partial charge is 0.269 e. The number of sulfonamides is 1. The quantitative estimate of drug-likeness (QED) is 0.823. The number of aliphatic hydroxyl groups is 1. The van der Waals surface area contributed by atoms with Gasteiger partial charge in [-0.15, -0.1) is 0 Å². The van der Waals surface area contributed by atoms with E-state index in [9.17, 15) is 13.2 Å². The van der Waals surface area contributed by atoms with Crippen LogP contribution in [-0.2, 0) is 16.4 Å². The van der Waals surface area contributed by atoms with Crippen LogP contribution in [0.1, 0.15) is 35.7 Å². The van der Waals surface area contributed by atoms with Crippen molar-refractivity contribution in [2.45, 2.75) is 31.1 Å². The maximum Gasteiger partial charge on any atom is 0.269 e. The van der Waals surface area contributed by atoms with Crippen LogP contribution in [0.15, 0.2) is 23.1 Å². The molecule has 0 saturated heterocycles. The van der Waals surface area contributed by atoms with Gasteiger partial charge in [0.15, 0.2) is 0 Å². The van der Waals surface area contributed by atoms with E-state index in [0.717, 1.165) is 16.3 Å². The molecule has 0 unspecified atom stereocenters. The van der Waals surface area contributed by atoms with Crippen molar-refractivity contribution in [3.05, 3.63) is 29.3 Å². The molecule has 2 rings (SSSR count). The summed E-state index contributed by atoms with van der Waals surface area (Å²) in [5.74, 6) is -0.455. The Morgan fingerprint density at radius 2 is 2.00 bits per heavy atom. The number of nitrogens with zero attached hydrogens (tertiary/aromatic N) is 1. The molecule has 0 bridgehead atoms. The van der Waals surface area contributed by atoms with Crippen molar-refractivity contribution in [2.24, 2.45) is 0 Å². The zero-order chi connectivity index (χ0) is 14.0. The van der Waals surface area contributed by atoms with Crippen molar-refractivity contribution in [1.82, 2.24) is 4.31 Å². The van der Waals surface area contributed by atoms with Crippen molar-refractivity contribution in [2.75, 3.05) is 13.2 Å². The van der Waals surface area contributed by atoms with Crippen LogP contribution in [-0.4, -0.2) is 36.9 Å². The van der Waals surface area contributed by atoms with E-state index in [4.69, 9.17) is 5.11 Å². The number of carbonyl (C=O) groups excluding carboxylic acids is 1. The lowest BCUT2D eigenvalue weighted by molar-refractivity contribution is 0.0868. The summed E-state index contributed by atoms with van der Waals surface area (Å²) in [5, 5.41) is 8.73. The van der Waals surface area contributed by atoms with Gasteiger partial charge in [-0.25, -0.2) is 12.7 Å². The molecule has 1 heterocycles. The standard InChI is InChI=1S/C13H17NO4S/c1-2-10-5-6-12-11(9-10)13(16)14(19(12,17)18)7-3-4-8-15/h5-6,9,15H,2-4,7-8H2,1H3. The summed E-state index contributed by atoms with van der Waals surface area (Å²) >= 11 is 0. The van der Waals surface area contributed by atoms with Gasteiger partial charge in [0.2, 0.25) is 0 Å². The van der Waals surface area contributed by atoms with E-state index in [1.54, 1.807) is 12.1 Å². The zero-order valence-electron chi connectivity index (χ0n) is 10.8. The zero-order valence-corrected chi connectivity index (χ0v) is 11.6. The third-order valence-corrected chi connectivity index (χ3v) is 5.09. The van der Waals surface area contributed by atoms with E-state index in [1.807, 2.05) is 6.92 Å². The minimum Gasteiger partial charge on any atom is -0.396 e. The van der Waals surface area contributed by atoms with E-state index < -0.39 is 15.9 Å². The lowest BCUT2D eigenvalue weighted by atomic mass is 10.1. The predicted molar refractivity (Wildman–Crippen MR) is 70.4 cm³/mol. The van der Waals surface area contributed by atoms with E-state index in [0.29, 0.717) is 12.8 Å². The Hall–Kier alpha value is -1.40.